The zero-order valence-corrected chi connectivity index (χ0v) is 12.3. The normalized spacial score (nSPS) is 10.4. The summed E-state index contributed by atoms with van der Waals surface area (Å²) in [7, 11) is 0. The van der Waals surface area contributed by atoms with E-state index >= 15 is 0 Å². The van der Waals surface area contributed by atoms with Crippen molar-refractivity contribution in [1.29, 1.82) is 0 Å². The third-order valence-electron chi connectivity index (χ3n) is 2.81. The minimum Gasteiger partial charge on any atom is -0.423 e. The van der Waals surface area contributed by atoms with Gasteiger partial charge in [-0.25, -0.2) is 0 Å². The van der Waals surface area contributed by atoms with Gasteiger partial charge in [0.1, 0.15) is 10.8 Å². The maximum absolute atomic E-state index is 10.7. The van der Waals surface area contributed by atoms with E-state index in [0.29, 0.717) is 5.75 Å². The lowest BCUT2D eigenvalue weighted by molar-refractivity contribution is -0.384. The first-order valence-electron chi connectivity index (χ1n) is 6.39. The lowest BCUT2D eigenvalue weighted by Crippen LogP contribution is -2.04. The van der Waals surface area contributed by atoms with Gasteiger partial charge in [0.25, 0.3) is 5.69 Å². The summed E-state index contributed by atoms with van der Waals surface area (Å²) in [6.45, 7) is 3.94. The van der Waals surface area contributed by atoms with E-state index in [-0.39, 0.29) is 16.7 Å². The molecule has 0 atom stereocenters. The summed E-state index contributed by atoms with van der Waals surface area (Å²) in [4.78, 5) is 14.4. The highest BCUT2D eigenvalue weighted by Crippen LogP contribution is 2.30. The van der Waals surface area contributed by atoms with Crippen LogP contribution in [0.4, 0.5) is 5.69 Å². The third kappa shape index (κ3) is 3.43. The smallest absolute Gasteiger partial charge is 0.341 e. The van der Waals surface area contributed by atoms with Crippen molar-refractivity contribution in [2.45, 2.75) is 26.7 Å². The number of halogens is 1. The quantitative estimate of drug-likeness (QED) is 0.621. The summed E-state index contributed by atoms with van der Waals surface area (Å²) >= 11 is 5.82. The molecule has 2 aromatic rings. The van der Waals surface area contributed by atoms with Gasteiger partial charge in [0.15, 0.2) is 0 Å². The lowest BCUT2D eigenvalue weighted by Gasteiger charge is -2.07. The number of hydrogen-bond donors (Lipinski definition) is 0. The van der Waals surface area contributed by atoms with Crippen molar-refractivity contribution in [2.24, 2.45) is 0 Å². The maximum Gasteiger partial charge on any atom is 0.341 e. The van der Waals surface area contributed by atoms with Crippen molar-refractivity contribution in [3.63, 3.8) is 0 Å². The van der Waals surface area contributed by atoms with Gasteiger partial charge in [0.2, 0.25) is 0 Å². The summed E-state index contributed by atoms with van der Waals surface area (Å²) < 4.78 is 5.44. The Hall–Kier alpha value is -2.28. The highest BCUT2D eigenvalue weighted by molar-refractivity contribution is 6.32. The molecular weight excluding hydrogens is 296 g/mol. The Morgan fingerprint density at radius 2 is 1.95 bits per heavy atom. The Morgan fingerprint density at radius 1 is 1.24 bits per heavy atom. The first-order chi connectivity index (χ1) is 10.0. The topological polar surface area (TPSA) is 91.0 Å². The molecule has 0 saturated heterocycles. The van der Waals surface area contributed by atoms with Crippen LogP contribution in [0, 0.1) is 10.1 Å². The fourth-order valence-electron chi connectivity index (χ4n) is 1.77. The predicted octanol–water partition coefficient (Wildman–Crippen LogP) is 3.35. The fourth-order valence-corrected chi connectivity index (χ4v) is 2.01. The molecule has 8 heteroatoms. The molecule has 1 aromatic carbocycles. The van der Waals surface area contributed by atoms with Crippen molar-refractivity contribution >= 4 is 17.3 Å². The molecule has 0 saturated carbocycles. The minimum absolute atomic E-state index is 0.00801. The molecule has 0 amide bonds. The average molecular weight is 309 g/mol. The molecule has 7 nitrogen and oxygen atoms in total. The van der Waals surface area contributed by atoms with Crippen molar-refractivity contribution in [1.82, 2.24) is 15.2 Å². The van der Waals surface area contributed by atoms with E-state index in [1.807, 2.05) is 13.8 Å². The third-order valence-corrected chi connectivity index (χ3v) is 3.12. The Labute approximate surface area is 126 Å². The molecule has 0 unspecified atom stereocenters. The number of aryl methyl sites for hydroxylation is 2. The maximum atomic E-state index is 10.7. The van der Waals surface area contributed by atoms with Crippen LogP contribution in [0.15, 0.2) is 18.2 Å². The highest BCUT2D eigenvalue weighted by Gasteiger charge is 2.14. The Bertz CT molecular complexity index is 678. The number of nitrogens with zero attached hydrogens (tertiary/aromatic N) is 4. The Kier molecular flexibility index (Phi) is 4.64. The van der Waals surface area contributed by atoms with E-state index in [1.165, 1.54) is 18.2 Å². The molecule has 21 heavy (non-hydrogen) atoms. The zero-order valence-electron chi connectivity index (χ0n) is 11.5. The molecule has 1 heterocycles. The van der Waals surface area contributed by atoms with Crippen molar-refractivity contribution < 1.29 is 9.66 Å². The van der Waals surface area contributed by atoms with Gasteiger partial charge in [0.05, 0.1) is 16.3 Å². The number of benzene rings is 1. The molecule has 0 fully saturated rings. The van der Waals surface area contributed by atoms with Crippen LogP contribution in [0.2, 0.25) is 5.02 Å². The van der Waals surface area contributed by atoms with Gasteiger partial charge in [-0.2, -0.15) is 4.98 Å². The average Bonchev–Trinajstić information content (AvgIpc) is 2.46. The van der Waals surface area contributed by atoms with Gasteiger partial charge < -0.3 is 4.74 Å². The fraction of sp³-hybridized carbons (Fsp3) is 0.308. The SMILES string of the molecule is CCc1nnc(Oc2ccc([N+](=O)[O-])c(Cl)c2)nc1CC. The number of hydrogen-bond acceptors (Lipinski definition) is 6. The summed E-state index contributed by atoms with van der Waals surface area (Å²) in [5, 5.41) is 18.6. The van der Waals surface area contributed by atoms with E-state index in [9.17, 15) is 10.1 Å². The lowest BCUT2D eigenvalue weighted by atomic mass is 10.2. The van der Waals surface area contributed by atoms with Crippen LogP contribution < -0.4 is 4.74 Å². The van der Waals surface area contributed by atoms with E-state index in [2.05, 4.69) is 15.2 Å². The van der Waals surface area contributed by atoms with Gasteiger partial charge in [-0.1, -0.05) is 30.5 Å². The summed E-state index contributed by atoms with van der Waals surface area (Å²) in [5.74, 6) is 0.318. The molecule has 110 valence electrons. The van der Waals surface area contributed by atoms with E-state index in [1.54, 1.807) is 0 Å². The zero-order chi connectivity index (χ0) is 15.4. The molecule has 1 aromatic heterocycles. The van der Waals surface area contributed by atoms with Gasteiger partial charge in [0, 0.05) is 12.1 Å². The summed E-state index contributed by atoms with van der Waals surface area (Å²) in [6.07, 6.45) is 1.46. The van der Waals surface area contributed by atoms with Crippen molar-refractivity contribution in [2.75, 3.05) is 0 Å². The van der Waals surface area contributed by atoms with Gasteiger partial charge in [-0.05, 0) is 18.9 Å². The molecule has 0 aliphatic heterocycles. The number of aromatic nitrogens is 3. The molecule has 0 aliphatic carbocycles. The second kappa shape index (κ2) is 6.45. The van der Waals surface area contributed by atoms with E-state index < -0.39 is 4.92 Å². The minimum atomic E-state index is -0.560. The summed E-state index contributed by atoms with van der Waals surface area (Å²) in [6, 6.07) is 4.15. The number of ether oxygens (including phenoxy) is 1. The largest absolute Gasteiger partial charge is 0.423 e. The predicted molar refractivity (Wildman–Crippen MR) is 76.8 cm³/mol. The summed E-state index contributed by atoms with van der Waals surface area (Å²) in [5.41, 5.74) is 1.46. The van der Waals surface area contributed by atoms with E-state index in [0.717, 1.165) is 24.2 Å². The number of nitro benzene ring substituents is 1. The first-order valence-corrected chi connectivity index (χ1v) is 6.77. The molecule has 0 N–H and O–H groups in total. The van der Waals surface area contributed by atoms with Crippen LogP contribution in [0.5, 0.6) is 11.8 Å². The van der Waals surface area contributed by atoms with Gasteiger partial charge >= 0.3 is 6.01 Å². The molecule has 0 bridgehead atoms. The Morgan fingerprint density at radius 3 is 2.52 bits per heavy atom. The standard InChI is InChI=1S/C13H13ClN4O3/c1-3-10-11(4-2)16-17-13(15-10)21-8-5-6-12(18(19)20)9(14)7-8/h5-7H,3-4H2,1-2H3. The molecule has 0 radical (unpaired) electrons. The monoisotopic (exact) mass is 308 g/mol. The molecular formula is C13H13ClN4O3. The molecule has 0 aliphatic rings. The number of rotatable bonds is 5. The van der Waals surface area contributed by atoms with Crippen LogP contribution in [-0.4, -0.2) is 20.1 Å². The van der Waals surface area contributed by atoms with Crippen molar-refractivity contribution in [3.8, 4) is 11.8 Å². The highest BCUT2D eigenvalue weighted by atomic mass is 35.5. The van der Waals surface area contributed by atoms with Crippen LogP contribution in [0.3, 0.4) is 0 Å². The van der Waals surface area contributed by atoms with Gasteiger partial charge in [-0.3, -0.25) is 10.1 Å². The van der Waals surface area contributed by atoms with Crippen LogP contribution >= 0.6 is 11.6 Å². The second-order valence-corrected chi connectivity index (χ2v) is 4.57. The number of nitro groups is 1. The van der Waals surface area contributed by atoms with Gasteiger partial charge in [-0.15, -0.1) is 5.10 Å². The Balaban J connectivity index is 2.26. The molecule has 0 spiro atoms. The van der Waals surface area contributed by atoms with Crippen LogP contribution in [0.25, 0.3) is 0 Å². The van der Waals surface area contributed by atoms with Crippen molar-refractivity contribution in [3.05, 3.63) is 44.7 Å². The van der Waals surface area contributed by atoms with E-state index in [4.69, 9.17) is 16.3 Å². The molecule has 2 rings (SSSR count). The van der Waals surface area contributed by atoms with Crippen LogP contribution in [-0.2, 0) is 12.8 Å². The van der Waals surface area contributed by atoms with Crippen LogP contribution in [0.1, 0.15) is 25.2 Å². The first kappa shape index (κ1) is 15.1. The second-order valence-electron chi connectivity index (χ2n) is 4.17.